The number of nitrogens with one attached hydrogen (secondary N) is 1. The lowest BCUT2D eigenvalue weighted by Crippen LogP contribution is -2.20. The zero-order valence-electron chi connectivity index (χ0n) is 12.9. The van der Waals surface area contributed by atoms with Gasteiger partial charge in [0.05, 0.1) is 5.56 Å². The molecular formula is C20H16FNO2. The van der Waals surface area contributed by atoms with Gasteiger partial charge in [-0.3, -0.25) is 4.79 Å². The van der Waals surface area contributed by atoms with Gasteiger partial charge in [0.2, 0.25) is 5.91 Å². The SMILES string of the molecule is O=C(/C=C/c1ccc(-c2ccccc2F)o1)NCc1ccccc1. The Hall–Kier alpha value is -3.14. The molecule has 1 heterocycles. The Labute approximate surface area is 139 Å². The van der Waals surface area contributed by atoms with Crippen molar-refractivity contribution < 1.29 is 13.6 Å². The molecule has 2 aromatic carbocycles. The average molecular weight is 321 g/mol. The molecule has 0 aliphatic heterocycles. The molecule has 24 heavy (non-hydrogen) atoms. The Kier molecular flexibility index (Phi) is 4.87. The molecule has 0 aliphatic rings. The van der Waals surface area contributed by atoms with Crippen LogP contribution in [-0.4, -0.2) is 5.91 Å². The number of carbonyl (C=O) groups is 1. The lowest BCUT2D eigenvalue weighted by Gasteiger charge is -2.01. The summed E-state index contributed by atoms with van der Waals surface area (Å²) in [4.78, 5) is 11.8. The molecule has 3 aromatic rings. The van der Waals surface area contributed by atoms with Gasteiger partial charge in [-0.15, -0.1) is 0 Å². The van der Waals surface area contributed by atoms with Crippen LogP contribution in [0.4, 0.5) is 4.39 Å². The van der Waals surface area contributed by atoms with Gasteiger partial charge in [-0.05, 0) is 35.9 Å². The number of halogens is 1. The second-order valence-electron chi connectivity index (χ2n) is 5.22. The summed E-state index contributed by atoms with van der Waals surface area (Å²) in [5.74, 6) is 0.353. The maximum Gasteiger partial charge on any atom is 0.244 e. The number of rotatable bonds is 5. The molecule has 3 nitrogen and oxygen atoms in total. The summed E-state index contributed by atoms with van der Waals surface area (Å²) in [7, 11) is 0. The maximum atomic E-state index is 13.7. The minimum absolute atomic E-state index is 0.220. The van der Waals surface area contributed by atoms with Crippen LogP contribution in [-0.2, 0) is 11.3 Å². The van der Waals surface area contributed by atoms with E-state index in [1.165, 1.54) is 12.1 Å². The van der Waals surface area contributed by atoms with Crippen molar-refractivity contribution in [3.05, 3.63) is 89.9 Å². The van der Waals surface area contributed by atoms with Crippen molar-refractivity contribution >= 4 is 12.0 Å². The molecule has 0 saturated carbocycles. The van der Waals surface area contributed by atoms with Crippen LogP contribution >= 0.6 is 0 Å². The van der Waals surface area contributed by atoms with Gasteiger partial charge in [0.1, 0.15) is 17.3 Å². The van der Waals surface area contributed by atoms with E-state index in [4.69, 9.17) is 4.42 Å². The number of hydrogen-bond donors (Lipinski definition) is 1. The van der Waals surface area contributed by atoms with Crippen LogP contribution in [0.25, 0.3) is 17.4 Å². The van der Waals surface area contributed by atoms with Gasteiger partial charge < -0.3 is 9.73 Å². The molecule has 0 radical (unpaired) electrons. The first kappa shape index (κ1) is 15.7. The van der Waals surface area contributed by atoms with E-state index in [1.54, 1.807) is 36.4 Å². The van der Waals surface area contributed by atoms with Crippen LogP contribution in [0.15, 0.2) is 77.2 Å². The standard InChI is InChI=1S/C20H16FNO2/c21-18-9-5-4-8-17(18)19-12-10-16(24-19)11-13-20(23)22-14-15-6-2-1-3-7-15/h1-13H,14H2,(H,22,23)/b13-11+. The largest absolute Gasteiger partial charge is 0.457 e. The Bertz CT molecular complexity index is 853. The first-order valence-electron chi connectivity index (χ1n) is 7.57. The number of carbonyl (C=O) groups excluding carboxylic acids is 1. The first-order chi connectivity index (χ1) is 11.7. The van der Waals surface area contributed by atoms with E-state index < -0.39 is 0 Å². The van der Waals surface area contributed by atoms with Gasteiger partial charge in [0.15, 0.2) is 0 Å². The van der Waals surface area contributed by atoms with Gasteiger partial charge in [-0.2, -0.15) is 0 Å². The molecule has 1 amide bonds. The highest BCUT2D eigenvalue weighted by molar-refractivity contribution is 5.91. The van der Waals surface area contributed by atoms with Crippen LogP contribution in [0.1, 0.15) is 11.3 Å². The molecule has 1 N–H and O–H groups in total. The second kappa shape index (κ2) is 7.42. The average Bonchev–Trinajstić information content (AvgIpc) is 3.08. The predicted octanol–water partition coefficient (Wildman–Crippen LogP) is 4.42. The molecule has 0 atom stereocenters. The fourth-order valence-electron chi connectivity index (χ4n) is 2.25. The highest BCUT2D eigenvalue weighted by Gasteiger charge is 2.08. The first-order valence-corrected chi connectivity index (χ1v) is 7.57. The quantitative estimate of drug-likeness (QED) is 0.707. The smallest absolute Gasteiger partial charge is 0.244 e. The topological polar surface area (TPSA) is 42.2 Å². The summed E-state index contributed by atoms with van der Waals surface area (Å²) in [6.45, 7) is 0.461. The van der Waals surface area contributed by atoms with E-state index in [0.717, 1.165) is 5.56 Å². The normalized spacial score (nSPS) is 10.9. The predicted molar refractivity (Wildman–Crippen MR) is 91.4 cm³/mol. The van der Waals surface area contributed by atoms with Crippen LogP contribution in [0, 0.1) is 5.82 Å². The fraction of sp³-hybridized carbons (Fsp3) is 0.0500. The third kappa shape index (κ3) is 3.98. The summed E-state index contributed by atoms with van der Waals surface area (Å²) >= 11 is 0. The molecule has 0 spiro atoms. The van der Waals surface area contributed by atoms with Gasteiger partial charge in [0, 0.05) is 12.6 Å². The van der Waals surface area contributed by atoms with Crippen LogP contribution in [0.2, 0.25) is 0 Å². The van der Waals surface area contributed by atoms with Crippen molar-refractivity contribution in [3.63, 3.8) is 0 Å². The number of furan rings is 1. The molecular weight excluding hydrogens is 305 g/mol. The van der Waals surface area contributed by atoms with Gasteiger partial charge in [0.25, 0.3) is 0 Å². The molecule has 0 unspecified atom stereocenters. The Balaban J connectivity index is 1.61. The van der Waals surface area contributed by atoms with E-state index in [1.807, 2.05) is 30.3 Å². The lowest BCUT2D eigenvalue weighted by molar-refractivity contribution is -0.116. The van der Waals surface area contributed by atoms with Crippen molar-refractivity contribution in [2.75, 3.05) is 0 Å². The molecule has 0 bridgehead atoms. The number of benzene rings is 2. The van der Waals surface area contributed by atoms with Crippen molar-refractivity contribution in [1.29, 1.82) is 0 Å². The molecule has 1 aromatic heterocycles. The monoisotopic (exact) mass is 321 g/mol. The van der Waals surface area contributed by atoms with E-state index >= 15 is 0 Å². The summed E-state index contributed by atoms with van der Waals surface area (Å²) in [6, 6.07) is 19.4. The minimum Gasteiger partial charge on any atom is -0.457 e. The molecule has 120 valence electrons. The van der Waals surface area contributed by atoms with Gasteiger partial charge in [-0.25, -0.2) is 4.39 Å². The van der Waals surface area contributed by atoms with Crippen molar-refractivity contribution in [2.45, 2.75) is 6.54 Å². The van der Waals surface area contributed by atoms with E-state index in [-0.39, 0.29) is 11.7 Å². The van der Waals surface area contributed by atoms with Crippen molar-refractivity contribution in [3.8, 4) is 11.3 Å². The highest BCUT2D eigenvalue weighted by atomic mass is 19.1. The van der Waals surface area contributed by atoms with Crippen LogP contribution < -0.4 is 5.32 Å². The number of hydrogen-bond acceptors (Lipinski definition) is 2. The fourth-order valence-corrected chi connectivity index (χ4v) is 2.25. The zero-order valence-corrected chi connectivity index (χ0v) is 12.9. The van der Waals surface area contributed by atoms with Gasteiger partial charge in [-0.1, -0.05) is 42.5 Å². The van der Waals surface area contributed by atoms with Crippen molar-refractivity contribution in [2.24, 2.45) is 0 Å². The third-order valence-corrected chi connectivity index (χ3v) is 3.47. The molecule has 4 heteroatoms. The summed E-state index contributed by atoms with van der Waals surface area (Å²) < 4.78 is 19.3. The molecule has 0 fully saturated rings. The minimum atomic E-state index is -0.344. The highest BCUT2D eigenvalue weighted by Crippen LogP contribution is 2.25. The second-order valence-corrected chi connectivity index (χ2v) is 5.22. The molecule has 3 rings (SSSR count). The Morgan fingerprint density at radius 2 is 1.75 bits per heavy atom. The summed E-state index contributed by atoms with van der Waals surface area (Å²) in [6.07, 6.45) is 2.96. The van der Waals surface area contributed by atoms with Crippen LogP contribution in [0.3, 0.4) is 0 Å². The zero-order chi connectivity index (χ0) is 16.8. The van der Waals surface area contributed by atoms with E-state index in [9.17, 15) is 9.18 Å². The lowest BCUT2D eigenvalue weighted by atomic mass is 10.1. The van der Waals surface area contributed by atoms with E-state index in [0.29, 0.717) is 23.6 Å². The molecule has 0 saturated heterocycles. The Morgan fingerprint density at radius 1 is 1.00 bits per heavy atom. The molecule has 0 aliphatic carbocycles. The summed E-state index contributed by atoms with van der Waals surface area (Å²) in [5, 5.41) is 2.79. The Morgan fingerprint density at radius 3 is 2.54 bits per heavy atom. The van der Waals surface area contributed by atoms with Crippen LogP contribution in [0.5, 0.6) is 0 Å². The third-order valence-electron chi connectivity index (χ3n) is 3.47. The van der Waals surface area contributed by atoms with Crippen molar-refractivity contribution in [1.82, 2.24) is 5.32 Å². The maximum absolute atomic E-state index is 13.7. The van der Waals surface area contributed by atoms with Gasteiger partial charge >= 0.3 is 0 Å². The summed E-state index contributed by atoms with van der Waals surface area (Å²) in [5.41, 5.74) is 1.42. The number of amides is 1. The van der Waals surface area contributed by atoms with E-state index in [2.05, 4.69) is 5.32 Å².